The summed E-state index contributed by atoms with van der Waals surface area (Å²) in [5, 5.41) is 9.91. The Kier molecular flexibility index (Phi) is 3.42. The van der Waals surface area contributed by atoms with E-state index in [1.807, 2.05) is 6.92 Å². The second-order valence-electron chi connectivity index (χ2n) is 8.58. The van der Waals surface area contributed by atoms with Gasteiger partial charge in [0.1, 0.15) is 5.60 Å². The summed E-state index contributed by atoms with van der Waals surface area (Å²) < 4.78 is 10.8. The third-order valence-electron chi connectivity index (χ3n) is 6.01. The number of hydrogen-bond acceptors (Lipinski definition) is 5. The SMILES string of the molecule is C=C(C)C(=O)OC12CC3(C)CC(C(=O)O)(C1)CC(C(=O)OC)(C3)C2. The standard InChI is InChI=1S/C18H24O6/c1-11(2)12(19)24-18-7-15(3)5-16(9-18,13(20)21)8-17(6-15,10-18)14(22)23-4/h1,5-10H2,2-4H3,(H,20,21). The van der Waals surface area contributed by atoms with Crippen LogP contribution >= 0.6 is 0 Å². The van der Waals surface area contributed by atoms with Gasteiger partial charge in [-0.1, -0.05) is 13.5 Å². The number of hydrogen-bond donors (Lipinski definition) is 1. The smallest absolute Gasteiger partial charge is 0.333 e. The second kappa shape index (κ2) is 4.83. The van der Waals surface area contributed by atoms with E-state index in [1.165, 1.54) is 7.11 Å². The first-order valence-corrected chi connectivity index (χ1v) is 8.20. The molecule has 0 aromatic rings. The predicted molar refractivity (Wildman–Crippen MR) is 84.0 cm³/mol. The van der Waals surface area contributed by atoms with Gasteiger partial charge in [-0.15, -0.1) is 0 Å². The lowest BCUT2D eigenvalue weighted by atomic mass is 9.38. The number of carboxylic acids is 1. The molecule has 0 heterocycles. The van der Waals surface area contributed by atoms with Crippen LogP contribution in [0, 0.1) is 16.2 Å². The molecule has 4 unspecified atom stereocenters. The molecule has 1 N–H and O–H groups in total. The fraction of sp³-hybridized carbons (Fsp3) is 0.722. The molecule has 4 fully saturated rings. The number of esters is 2. The van der Waals surface area contributed by atoms with Crippen molar-refractivity contribution in [1.82, 2.24) is 0 Å². The summed E-state index contributed by atoms with van der Waals surface area (Å²) in [6.45, 7) is 7.16. The van der Waals surface area contributed by atoms with Crippen molar-refractivity contribution in [1.29, 1.82) is 0 Å². The second-order valence-corrected chi connectivity index (χ2v) is 8.58. The van der Waals surface area contributed by atoms with Gasteiger partial charge in [-0.2, -0.15) is 0 Å². The highest BCUT2D eigenvalue weighted by molar-refractivity contribution is 5.88. The molecular formula is C18H24O6. The van der Waals surface area contributed by atoms with Crippen LogP contribution in [0.15, 0.2) is 12.2 Å². The summed E-state index contributed by atoms with van der Waals surface area (Å²) in [5.74, 6) is -1.84. The molecule has 6 nitrogen and oxygen atoms in total. The molecule has 4 atom stereocenters. The minimum atomic E-state index is -1.05. The van der Waals surface area contributed by atoms with Crippen LogP contribution < -0.4 is 0 Å². The van der Waals surface area contributed by atoms with Crippen LogP contribution in [0.25, 0.3) is 0 Å². The Hall–Kier alpha value is -1.85. The van der Waals surface area contributed by atoms with E-state index in [0.29, 0.717) is 25.7 Å². The van der Waals surface area contributed by atoms with Gasteiger partial charge in [-0.3, -0.25) is 9.59 Å². The summed E-state index contributed by atoms with van der Waals surface area (Å²) in [6, 6.07) is 0. The highest BCUT2D eigenvalue weighted by Crippen LogP contribution is 2.72. The van der Waals surface area contributed by atoms with Gasteiger partial charge in [0.15, 0.2) is 0 Å². The van der Waals surface area contributed by atoms with Crippen molar-refractivity contribution in [3.8, 4) is 0 Å². The van der Waals surface area contributed by atoms with Crippen molar-refractivity contribution in [3.63, 3.8) is 0 Å². The van der Waals surface area contributed by atoms with Crippen LogP contribution in [-0.2, 0) is 23.9 Å². The van der Waals surface area contributed by atoms with Crippen LogP contribution in [0.1, 0.15) is 52.4 Å². The molecular weight excluding hydrogens is 312 g/mol. The summed E-state index contributed by atoms with van der Waals surface area (Å²) in [5.41, 5.74) is -2.98. The van der Waals surface area contributed by atoms with Gasteiger partial charge in [0.2, 0.25) is 0 Å². The normalized spacial score (nSPS) is 42.5. The van der Waals surface area contributed by atoms with Crippen LogP contribution in [0.4, 0.5) is 0 Å². The molecule has 0 amide bonds. The zero-order valence-electron chi connectivity index (χ0n) is 14.4. The maximum absolute atomic E-state index is 12.6. The van der Waals surface area contributed by atoms with E-state index in [1.54, 1.807) is 6.92 Å². The number of methoxy groups -OCH3 is 1. The van der Waals surface area contributed by atoms with E-state index in [0.717, 1.165) is 0 Å². The first kappa shape index (κ1) is 17.0. The largest absolute Gasteiger partial charge is 0.481 e. The zero-order valence-corrected chi connectivity index (χ0v) is 14.4. The first-order chi connectivity index (χ1) is 11.0. The van der Waals surface area contributed by atoms with E-state index in [4.69, 9.17) is 9.47 Å². The minimum absolute atomic E-state index is 0.253. The van der Waals surface area contributed by atoms with E-state index >= 15 is 0 Å². The van der Waals surface area contributed by atoms with E-state index in [9.17, 15) is 19.5 Å². The van der Waals surface area contributed by atoms with Crippen molar-refractivity contribution in [2.45, 2.75) is 58.0 Å². The van der Waals surface area contributed by atoms with Crippen molar-refractivity contribution in [3.05, 3.63) is 12.2 Å². The fourth-order valence-corrected chi connectivity index (χ4v) is 6.09. The summed E-state index contributed by atoms with van der Waals surface area (Å²) in [4.78, 5) is 36.8. The Labute approximate surface area is 141 Å². The third kappa shape index (κ3) is 2.26. The molecule has 4 aliphatic rings. The minimum Gasteiger partial charge on any atom is -0.481 e. The van der Waals surface area contributed by atoms with Crippen molar-refractivity contribution < 1.29 is 29.0 Å². The van der Waals surface area contributed by atoms with Crippen LogP contribution in [0.3, 0.4) is 0 Å². The summed E-state index contributed by atoms with van der Waals surface area (Å²) >= 11 is 0. The number of carbonyl (C=O) groups is 3. The average Bonchev–Trinajstić information content (AvgIpc) is 2.42. The zero-order chi connectivity index (χ0) is 18.0. The molecule has 4 saturated carbocycles. The fourth-order valence-electron chi connectivity index (χ4n) is 6.09. The third-order valence-corrected chi connectivity index (χ3v) is 6.01. The number of rotatable bonds is 4. The molecule has 6 heteroatoms. The van der Waals surface area contributed by atoms with E-state index in [2.05, 4.69) is 6.58 Å². The van der Waals surface area contributed by atoms with Gasteiger partial charge >= 0.3 is 17.9 Å². The Balaban J connectivity index is 2.09. The molecule has 0 aliphatic heterocycles. The van der Waals surface area contributed by atoms with E-state index < -0.39 is 34.3 Å². The summed E-state index contributed by atoms with van der Waals surface area (Å²) in [6.07, 6.45) is 2.49. The number of ether oxygens (including phenoxy) is 2. The van der Waals surface area contributed by atoms with Crippen LogP contribution in [0.2, 0.25) is 0 Å². The lowest BCUT2D eigenvalue weighted by molar-refractivity contribution is -0.247. The van der Waals surface area contributed by atoms with Crippen molar-refractivity contribution in [2.24, 2.45) is 16.2 Å². The van der Waals surface area contributed by atoms with Gasteiger partial charge in [-0.25, -0.2) is 4.79 Å². The van der Waals surface area contributed by atoms with Gasteiger partial charge in [0.25, 0.3) is 0 Å². The van der Waals surface area contributed by atoms with Gasteiger partial charge in [-0.05, 0) is 38.0 Å². The Morgan fingerprint density at radius 1 is 1.00 bits per heavy atom. The van der Waals surface area contributed by atoms with Gasteiger partial charge in [0, 0.05) is 18.4 Å². The number of carbonyl (C=O) groups excluding carboxylic acids is 2. The maximum atomic E-state index is 12.6. The summed E-state index contributed by atoms with van der Waals surface area (Å²) in [7, 11) is 1.32. The van der Waals surface area contributed by atoms with Gasteiger partial charge < -0.3 is 14.6 Å². The molecule has 4 rings (SSSR count). The molecule has 132 valence electrons. The molecule has 0 aromatic carbocycles. The quantitative estimate of drug-likeness (QED) is 0.626. The lowest BCUT2D eigenvalue weighted by Gasteiger charge is -2.66. The molecule has 4 aliphatic carbocycles. The molecule has 0 saturated heterocycles. The van der Waals surface area contributed by atoms with Crippen molar-refractivity contribution >= 4 is 17.9 Å². The highest BCUT2D eigenvalue weighted by atomic mass is 16.6. The first-order valence-electron chi connectivity index (χ1n) is 8.20. The highest BCUT2D eigenvalue weighted by Gasteiger charge is 2.73. The van der Waals surface area contributed by atoms with Crippen LogP contribution in [0.5, 0.6) is 0 Å². The Bertz CT molecular complexity index is 654. The topological polar surface area (TPSA) is 89.9 Å². The predicted octanol–water partition coefficient (Wildman–Crippen LogP) is 2.46. The maximum Gasteiger partial charge on any atom is 0.333 e. The lowest BCUT2D eigenvalue weighted by Crippen LogP contribution is -2.68. The monoisotopic (exact) mass is 336 g/mol. The number of aliphatic carboxylic acids is 1. The van der Waals surface area contributed by atoms with Crippen LogP contribution in [-0.4, -0.2) is 35.7 Å². The molecule has 0 radical (unpaired) electrons. The molecule has 24 heavy (non-hydrogen) atoms. The molecule has 0 aromatic heterocycles. The van der Waals surface area contributed by atoms with Gasteiger partial charge in [0.05, 0.1) is 17.9 Å². The van der Waals surface area contributed by atoms with E-state index in [-0.39, 0.29) is 23.8 Å². The Morgan fingerprint density at radius 2 is 1.58 bits per heavy atom. The Morgan fingerprint density at radius 3 is 2.12 bits per heavy atom. The molecule has 4 bridgehead atoms. The van der Waals surface area contributed by atoms with Crippen molar-refractivity contribution in [2.75, 3.05) is 7.11 Å². The molecule has 0 spiro atoms. The number of carboxylic acid groups (broad SMARTS) is 1. The average molecular weight is 336 g/mol.